The third-order valence-corrected chi connectivity index (χ3v) is 9.34. The number of carbonyl (C=O) groups is 2. The van der Waals surface area contributed by atoms with Crippen LogP contribution in [0.25, 0.3) is 10.9 Å². The Kier molecular flexibility index (Phi) is 10.4. The number of anilines is 1. The van der Waals surface area contributed by atoms with E-state index in [-0.39, 0.29) is 17.9 Å². The van der Waals surface area contributed by atoms with Gasteiger partial charge >= 0.3 is 6.03 Å². The van der Waals surface area contributed by atoms with Crippen molar-refractivity contribution < 1.29 is 28.2 Å². The molecule has 1 aromatic heterocycles. The first-order valence-corrected chi connectivity index (χ1v) is 16.8. The Bertz CT molecular complexity index is 1850. The third-order valence-electron chi connectivity index (χ3n) is 9.34. The molecule has 2 atom stereocenters. The molecule has 13 nitrogen and oxygen atoms in total. The maximum atomic E-state index is 14.5. The first kappa shape index (κ1) is 34.9. The van der Waals surface area contributed by atoms with Crippen LogP contribution in [-0.4, -0.2) is 110 Å². The fourth-order valence-corrected chi connectivity index (χ4v) is 6.46. The highest BCUT2D eigenvalue weighted by atomic mass is 19.1. The molecule has 1 aliphatic carbocycles. The fourth-order valence-electron chi connectivity index (χ4n) is 6.46. The van der Waals surface area contributed by atoms with Crippen LogP contribution in [0.2, 0.25) is 0 Å². The van der Waals surface area contributed by atoms with Crippen molar-refractivity contribution in [2.24, 2.45) is 0 Å². The van der Waals surface area contributed by atoms with Crippen molar-refractivity contribution in [3.63, 3.8) is 0 Å². The maximum Gasteiger partial charge on any atom is 0.327 e. The summed E-state index contributed by atoms with van der Waals surface area (Å²) in [5.74, 6) is 1.25. The van der Waals surface area contributed by atoms with E-state index in [0.717, 1.165) is 13.1 Å². The Balaban J connectivity index is 1.36. The summed E-state index contributed by atoms with van der Waals surface area (Å²) in [6, 6.07) is 10.8. The van der Waals surface area contributed by atoms with Crippen LogP contribution in [0.4, 0.5) is 14.9 Å². The Morgan fingerprint density at radius 3 is 2.48 bits per heavy atom. The summed E-state index contributed by atoms with van der Waals surface area (Å²) in [6.45, 7) is 7.86. The quantitative estimate of drug-likeness (QED) is 0.361. The molecule has 2 fully saturated rings. The Hall–Kier alpha value is -4.95. The van der Waals surface area contributed by atoms with E-state index < -0.39 is 17.7 Å². The number of nitrogens with zero attached hydrogens (tertiary/aromatic N) is 6. The second-order valence-corrected chi connectivity index (χ2v) is 12.8. The number of ether oxygens (including phenoxy) is 3. The minimum Gasteiger partial charge on any atom is -0.497 e. The van der Waals surface area contributed by atoms with Crippen molar-refractivity contribution >= 4 is 28.5 Å². The molecule has 2 unspecified atom stereocenters. The van der Waals surface area contributed by atoms with Crippen LogP contribution in [0, 0.1) is 0 Å². The molecule has 14 heteroatoms. The number of methoxy groups -OCH3 is 2. The Morgan fingerprint density at radius 1 is 1.06 bits per heavy atom. The smallest absolute Gasteiger partial charge is 0.327 e. The predicted molar refractivity (Wildman–Crippen MR) is 188 cm³/mol. The molecule has 0 saturated carbocycles. The van der Waals surface area contributed by atoms with Crippen LogP contribution >= 0.6 is 0 Å². The van der Waals surface area contributed by atoms with Crippen molar-refractivity contribution in [1.82, 2.24) is 24.8 Å². The summed E-state index contributed by atoms with van der Waals surface area (Å²) in [7, 11) is 3.03. The number of aromatic nitrogens is 2. The molecule has 0 bridgehead atoms. The number of halogens is 1. The van der Waals surface area contributed by atoms with E-state index in [1.165, 1.54) is 32.1 Å². The number of piperazine rings is 1. The SMILES string of the molecule is COc1ccc(N(C(=O)NC2=CCC(C)(F)C=C2)C(C)c2nc3ccccc3c(=O)n2N2CCN(C(=O)CN3CCOCC3)CC2)c(OC)c1. The van der Waals surface area contributed by atoms with Gasteiger partial charge in [0.15, 0.2) is 5.82 Å². The highest BCUT2D eigenvalue weighted by Gasteiger charge is 2.34. The first-order valence-electron chi connectivity index (χ1n) is 16.8. The number of hydrogen-bond acceptors (Lipinski definition) is 9. The molecule has 3 aliphatic rings. The standard InChI is InChI=1S/C36H44FN7O6/c1-25(43(30-10-9-27(48-3)23-31(30)49-4)35(47)38-26-11-13-36(2,37)14-12-26)33-39-29-8-6-5-7-28(29)34(46)44(33)42-17-15-41(16-18-42)32(45)24-40-19-21-50-22-20-40/h5-13,23,25H,14-22,24H2,1-4H3,(H,38,47). The number of para-hydroxylation sites is 1. The van der Waals surface area contributed by atoms with Crippen molar-refractivity contribution in [1.29, 1.82) is 0 Å². The predicted octanol–water partition coefficient (Wildman–Crippen LogP) is 3.38. The molecular weight excluding hydrogens is 645 g/mol. The maximum absolute atomic E-state index is 14.5. The van der Waals surface area contributed by atoms with Crippen LogP contribution in [0.5, 0.6) is 11.5 Å². The van der Waals surface area contributed by atoms with Gasteiger partial charge in [0, 0.05) is 44.4 Å². The van der Waals surface area contributed by atoms with Gasteiger partial charge in [-0.05, 0) is 50.3 Å². The van der Waals surface area contributed by atoms with Crippen LogP contribution < -0.4 is 30.3 Å². The van der Waals surface area contributed by atoms with E-state index in [0.29, 0.717) is 85.5 Å². The molecule has 0 spiro atoms. The zero-order chi connectivity index (χ0) is 35.4. The summed E-state index contributed by atoms with van der Waals surface area (Å²) in [5, 5.41) is 5.23. The lowest BCUT2D eigenvalue weighted by molar-refractivity contribution is -0.133. The molecule has 2 aliphatic heterocycles. The number of allylic oxidation sites excluding steroid dienone is 3. The molecule has 3 amide bonds. The number of fused-ring (bicyclic) bond motifs is 1. The van der Waals surface area contributed by atoms with E-state index in [2.05, 4.69) is 10.2 Å². The molecule has 50 heavy (non-hydrogen) atoms. The van der Waals surface area contributed by atoms with Gasteiger partial charge in [-0.1, -0.05) is 18.2 Å². The number of morpholine rings is 1. The van der Waals surface area contributed by atoms with E-state index in [9.17, 15) is 18.8 Å². The third kappa shape index (κ3) is 7.45. The lowest BCUT2D eigenvalue weighted by Gasteiger charge is -2.40. The topological polar surface area (TPSA) is 122 Å². The number of rotatable bonds is 9. The van der Waals surface area contributed by atoms with Crippen molar-refractivity contribution in [3.8, 4) is 11.5 Å². The number of benzene rings is 2. The molecule has 2 aromatic carbocycles. The van der Waals surface area contributed by atoms with E-state index in [4.69, 9.17) is 19.2 Å². The van der Waals surface area contributed by atoms with E-state index in [1.54, 1.807) is 60.2 Å². The lowest BCUT2D eigenvalue weighted by Crippen LogP contribution is -2.58. The second kappa shape index (κ2) is 14.9. The molecule has 3 aromatic rings. The minimum atomic E-state index is -1.51. The van der Waals surface area contributed by atoms with Gasteiger partial charge in [0.05, 0.1) is 69.7 Å². The van der Waals surface area contributed by atoms with Crippen molar-refractivity contribution in [2.45, 2.75) is 32.0 Å². The van der Waals surface area contributed by atoms with Crippen molar-refractivity contribution in [3.05, 3.63) is 82.6 Å². The summed E-state index contributed by atoms with van der Waals surface area (Å²) in [4.78, 5) is 52.2. The zero-order valence-corrected chi connectivity index (χ0v) is 28.9. The summed E-state index contributed by atoms with van der Waals surface area (Å²) < 4.78 is 32.6. The molecule has 0 radical (unpaired) electrons. The number of urea groups is 1. The number of amides is 3. The van der Waals surface area contributed by atoms with Crippen LogP contribution in [-0.2, 0) is 9.53 Å². The van der Waals surface area contributed by atoms with Crippen LogP contribution in [0.15, 0.2) is 71.2 Å². The normalized spacial score (nSPS) is 20.3. The Morgan fingerprint density at radius 2 is 1.80 bits per heavy atom. The van der Waals surface area contributed by atoms with Gasteiger partial charge in [-0.3, -0.25) is 19.4 Å². The van der Waals surface area contributed by atoms with E-state index in [1.807, 2.05) is 16.0 Å². The van der Waals surface area contributed by atoms with Crippen LogP contribution in [0.3, 0.4) is 0 Å². The van der Waals surface area contributed by atoms with Gasteiger partial charge in [0.1, 0.15) is 17.2 Å². The number of nitrogens with one attached hydrogen (secondary N) is 1. The average Bonchev–Trinajstić information content (AvgIpc) is 3.13. The highest BCUT2D eigenvalue weighted by molar-refractivity contribution is 5.95. The minimum absolute atomic E-state index is 0.0395. The summed E-state index contributed by atoms with van der Waals surface area (Å²) in [6.07, 6.45) is 4.70. The van der Waals surface area contributed by atoms with Crippen LogP contribution in [0.1, 0.15) is 32.1 Å². The van der Waals surface area contributed by atoms with Crippen molar-refractivity contribution in [2.75, 3.05) is 83.2 Å². The highest BCUT2D eigenvalue weighted by Crippen LogP contribution is 2.37. The summed E-state index contributed by atoms with van der Waals surface area (Å²) >= 11 is 0. The zero-order valence-electron chi connectivity index (χ0n) is 28.9. The van der Waals surface area contributed by atoms with Gasteiger partial charge < -0.3 is 29.4 Å². The van der Waals surface area contributed by atoms with Gasteiger partial charge in [-0.15, -0.1) is 0 Å². The monoisotopic (exact) mass is 689 g/mol. The van der Waals surface area contributed by atoms with Gasteiger partial charge in [-0.2, -0.15) is 0 Å². The van der Waals surface area contributed by atoms with Gasteiger partial charge in [-0.25, -0.2) is 18.8 Å². The summed E-state index contributed by atoms with van der Waals surface area (Å²) in [5.41, 5.74) is -0.467. The van der Waals surface area contributed by atoms with Gasteiger partial charge in [0.25, 0.3) is 5.56 Å². The molecule has 6 rings (SSSR count). The number of carbonyl (C=O) groups excluding carboxylic acids is 2. The number of alkyl halides is 1. The van der Waals surface area contributed by atoms with Gasteiger partial charge in [0.2, 0.25) is 5.91 Å². The molecular formula is C36H44FN7O6. The molecule has 3 heterocycles. The lowest BCUT2D eigenvalue weighted by atomic mass is 9.98. The van der Waals surface area contributed by atoms with E-state index >= 15 is 0 Å². The largest absolute Gasteiger partial charge is 0.497 e. The second-order valence-electron chi connectivity index (χ2n) is 12.8. The molecule has 266 valence electrons. The number of hydrogen-bond donors (Lipinski definition) is 1. The fraction of sp³-hybridized carbons (Fsp3) is 0.444. The Labute approximate surface area is 290 Å². The molecule has 1 N–H and O–H groups in total. The molecule has 2 saturated heterocycles. The average molecular weight is 690 g/mol. The first-order chi connectivity index (χ1) is 24.1.